The minimum atomic E-state index is 0.682. The van der Waals surface area contributed by atoms with Crippen LogP contribution in [0, 0.1) is 0 Å². The molecule has 0 spiro atoms. The van der Waals surface area contributed by atoms with Crippen LogP contribution >= 0.6 is 0 Å². The van der Waals surface area contributed by atoms with Gasteiger partial charge in [-0.2, -0.15) is 5.10 Å². The molecular weight excluding hydrogens is 210 g/mol. The second-order valence-electron chi connectivity index (χ2n) is 5.08. The molecule has 0 unspecified atom stereocenters. The molecule has 2 rings (SSSR count). The van der Waals surface area contributed by atoms with Gasteiger partial charge in [-0.25, -0.2) is 0 Å². The molecule has 17 heavy (non-hydrogen) atoms. The fraction of sp³-hybridized carbons (Fsp3) is 0.786. The van der Waals surface area contributed by atoms with Crippen LogP contribution in [0.25, 0.3) is 0 Å². The third-order valence-electron chi connectivity index (χ3n) is 3.58. The Balaban J connectivity index is 1.70. The van der Waals surface area contributed by atoms with E-state index >= 15 is 0 Å². The predicted octanol–water partition coefficient (Wildman–Crippen LogP) is 2.93. The fourth-order valence-corrected chi connectivity index (χ4v) is 2.58. The van der Waals surface area contributed by atoms with Crippen LogP contribution in [0.1, 0.15) is 57.2 Å². The van der Waals surface area contributed by atoms with Gasteiger partial charge in [0.05, 0.1) is 11.7 Å². The van der Waals surface area contributed by atoms with Gasteiger partial charge < -0.3 is 5.32 Å². The molecule has 1 aromatic heterocycles. The van der Waals surface area contributed by atoms with Gasteiger partial charge in [-0.05, 0) is 51.3 Å². The normalized spacial score (nSPS) is 16.8. The van der Waals surface area contributed by atoms with Crippen molar-refractivity contribution in [2.24, 2.45) is 0 Å². The Labute approximate surface area is 105 Å². The van der Waals surface area contributed by atoms with E-state index in [4.69, 9.17) is 5.10 Å². The third-order valence-corrected chi connectivity index (χ3v) is 3.58. The molecule has 96 valence electrons. The van der Waals surface area contributed by atoms with Gasteiger partial charge in [0.2, 0.25) is 0 Å². The maximum Gasteiger partial charge on any atom is 0.0625 e. The molecule has 0 aliphatic heterocycles. The molecule has 3 heteroatoms. The standard InChI is InChI=1S/C14H25N3/c1-2-10-15-11-5-6-13-9-12-17(16-13)14-7-3-4-8-14/h9,12,14-15H,2-8,10-11H2,1H3. The maximum absolute atomic E-state index is 4.70. The van der Waals surface area contributed by atoms with E-state index in [0.717, 1.165) is 19.5 Å². The SMILES string of the molecule is CCCNCCCc1ccn(C2CCCC2)n1. The molecule has 1 aliphatic rings. The van der Waals surface area contributed by atoms with Crippen LogP contribution < -0.4 is 5.32 Å². The van der Waals surface area contributed by atoms with Crippen molar-refractivity contribution in [3.8, 4) is 0 Å². The van der Waals surface area contributed by atoms with Gasteiger partial charge in [0.15, 0.2) is 0 Å². The number of aryl methyl sites for hydroxylation is 1. The molecule has 0 radical (unpaired) electrons. The minimum Gasteiger partial charge on any atom is -0.317 e. The van der Waals surface area contributed by atoms with Crippen LogP contribution in [-0.2, 0) is 6.42 Å². The van der Waals surface area contributed by atoms with Gasteiger partial charge in [0.1, 0.15) is 0 Å². The molecule has 1 fully saturated rings. The van der Waals surface area contributed by atoms with Crippen LogP contribution in [0.5, 0.6) is 0 Å². The largest absolute Gasteiger partial charge is 0.317 e. The summed E-state index contributed by atoms with van der Waals surface area (Å²) in [5.74, 6) is 0. The first-order chi connectivity index (χ1) is 8.40. The Morgan fingerprint density at radius 2 is 2.18 bits per heavy atom. The highest BCUT2D eigenvalue weighted by atomic mass is 15.3. The van der Waals surface area contributed by atoms with E-state index in [1.54, 1.807) is 0 Å². The van der Waals surface area contributed by atoms with E-state index in [-0.39, 0.29) is 0 Å². The lowest BCUT2D eigenvalue weighted by Crippen LogP contribution is -2.16. The summed E-state index contributed by atoms with van der Waals surface area (Å²) in [5, 5.41) is 8.13. The monoisotopic (exact) mass is 235 g/mol. The summed E-state index contributed by atoms with van der Waals surface area (Å²) in [6, 6.07) is 2.87. The first-order valence-electron chi connectivity index (χ1n) is 7.15. The van der Waals surface area contributed by atoms with E-state index in [1.807, 2.05) is 0 Å². The van der Waals surface area contributed by atoms with Gasteiger partial charge in [0, 0.05) is 6.20 Å². The van der Waals surface area contributed by atoms with Gasteiger partial charge in [0.25, 0.3) is 0 Å². The van der Waals surface area contributed by atoms with Crippen molar-refractivity contribution in [2.45, 2.75) is 57.9 Å². The molecule has 0 saturated heterocycles. The molecular formula is C14H25N3. The Hall–Kier alpha value is -0.830. The molecule has 0 bridgehead atoms. The number of nitrogens with zero attached hydrogens (tertiary/aromatic N) is 2. The molecule has 0 atom stereocenters. The zero-order valence-corrected chi connectivity index (χ0v) is 11.0. The molecule has 1 aliphatic carbocycles. The Morgan fingerprint density at radius 1 is 1.35 bits per heavy atom. The van der Waals surface area contributed by atoms with E-state index in [9.17, 15) is 0 Å². The lowest BCUT2D eigenvalue weighted by atomic mass is 10.2. The molecule has 3 nitrogen and oxygen atoms in total. The van der Waals surface area contributed by atoms with Crippen LogP contribution in [0.4, 0.5) is 0 Å². The number of hydrogen-bond acceptors (Lipinski definition) is 2. The van der Waals surface area contributed by atoms with Crippen LogP contribution in [0.2, 0.25) is 0 Å². The average molecular weight is 235 g/mol. The first kappa shape index (κ1) is 12.6. The lowest BCUT2D eigenvalue weighted by molar-refractivity contribution is 0.462. The zero-order chi connectivity index (χ0) is 11.9. The van der Waals surface area contributed by atoms with E-state index in [0.29, 0.717) is 6.04 Å². The summed E-state index contributed by atoms with van der Waals surface area (Å²) in [7, 11) is 0. The van der Waals surface area contributed by atoms with E-state index < -0.39 is 0 Å². The fourth-order valence-electron chi connectivity index (χ4n) is 2.58. The second-order valence-corrected chi connectivity index (χ2v) is 5.08. The highest BCUT2D eigenvalue weighted by Crippen LogP contribution is 2.28. The molecule has 0 amide bonds. The summed E-state index contributed by atoms with van der Waals surface area (Å²) < 4.78 is 2.20. The molecule has 0 aromatic carbocycles. The number of hydrogen-bond donors (Lipinski definition) is 1. The minimum absolute atomic E-state index is 0.682. The highest BCUT2D eigenvalue weighted by molar-refractivity contribution is 5.00. The van der Waals surface area contributed by atoms with Gasteiger partial charge in [-0.15, -0.1) is 0 Å². The summed E-state index contributed by atoms with van der Waals surface area (Å²) in [6.07, 6.45) is 11.1. The topological polar surface area (TPSA) is 29.9 Å². The number of rotatable bonds is 7. The summed E-state index contributed by atoms with van der Waals surface area (Å²) >= 11 is 0. The van der Waals surface area contributed by atoms with Gasteiger partial charge in [-0.1, -0.05) is 19.8 Å². The van der Waals surface area contributed by atoms with Gasteiger partial charge in [-0.3, -0.25) is 4.68 Å². The molecule has 1 N–H and O–H groups in total. The van der Waals surface area contributed by atoms with Crippen LogP contribution in [-0.4, -0.2) is 22.9 Å². The lowest BCUT2D eigenvalue weighted by Gasteiger charge is -2.08. The average Bonchev–Trinajstić information content (AvgIpc) is 2.99. The third kappa shape index (κ3) is 3.84. The number of nitrogens with one attached hydrogen (secondary N) is 1. The van der Waals surface area contributed by atoms with Crippen molar-refractivity contribution in [3.63, 3.8) is 0 Å². The summed E-state index contributed by atoms with van der Waals surface area (Å²) in [4.78, 5) is 0. The van der Waals surface area contributed by atoms with Crippen molar-refractivity contribution < 1.29 is 0 Å². The Bertz CT molecular complexity index is 313. The van der Waals surface area contributed by atoms with Crippen LogP contribution in [0.3, 0.4) is 0 Å². The zero-order valence-electron chi connectivity index (χ0n) is 11.0. The molecule has 1 aromatic rings. The summed E-state index contributed by atoms with van der Waals surface area (Å²) in [5.41, 5.74) is 1.26. The summed E-state index contributed by atoms with van der Waals surface area (Å²) in [6.45, 7) is 4.46. The maximum atomic E-state index is 4.70. The van der Waals surface area contributed by atoms with Gasteiger partial charge >= 0.3 is 0 Å². The van der Waals surface area contributed by atoms with Crippen molar-refractivity contribution in [1.82, 2.24) is 15.1 Å². The van der Waals surface area contributed by atoms with E-state index in [1.165, 1.54) is 44.2 Å². The van der Waals surface area contributed by atoms with Crippen molar-refractivity contribution >= 4 is 0 Å². The molecule has 1 saturated carbocycles. The second kappa shape index (κ2) is 6.80. The first-order valence-corrected chi connectivity index (χ1v) is 7.15. The highest BCUT2D eigenvalue weighted by Gasteiger charge is 2.17. The van der Waals surface area contributed by atoms with Crippen molar-refractivity contribution in [3.05, 3.63) is 18.0 Å². The smallest absolute Gasteiger partial charge is 0.0625 e. The quantitative estimate of drug-likeness (QED) is 0.736. The predicted molar refractivity (Wildman–Crippen MR) is 71.2 cm³/mol. The molecule has 1 heterocycles. The van der Waals surface area contributed by atoms with Crippen molar-refractivity contribution in [1.29, 1.82) is 0 Å². The Kier molecular flexibility index (Phi) is 5.05. The van der Waals surface area contributed by atoms with Crippen LogP contribution in [0.15, 0.2) is 12.3 Å². The van der Waals surface area contributed by atoms with E-state index in [2.05, 4.69) is 29.2 Å². The Morgan fingerprint density at radius 3 is 2.94 bits per heavy atom. The number of aromatic nitrogens is 2. The van der Waals surface area contributed by atoms with Crippen molar-refractivity contribution in [2.75, 3.05) is 13.1 Å².